The number of piperidine rings is 1. The van der Waals surface area contributed by atoms with Crippen LogP contribution in [0.5, 0.6) is 0 Å². The van der Waals surface area contributed by atoms with Crippen LogP contribution < -0.4 is 0 Å². The van der Waals surface area contributed by atoms with Gasteiger partial charge >= 0.3 is 0 Å². The van der Waals surface area contributed by atoms with Crippen LogP contribution in [0.4, 0.5) is 0 Å². The molecule has 1 aliphatic rings. The normalized spacial score (nSPS) is 17.6. The maximum absolute atomic E-state index is 13.2. The Balaban J connectivity index is 1.69. The summed E-state index contributed by atoms with van der Waals surface area (Å²) in [6.45, 7) is 5.52. The Morgan fingerprint density at radius 3 is 2.41 bits per heavy atom. The van der Waals surface area contributed by atoms with Crippen LogP contribution in [0.25, 0.3) is 0 Å². The Morgan fingerprint density at radius 1 is 1.10 bits per heavy atom. The number of hydrogen-bond donors (Lipinski definition) is 0. The molecule has 1 fully saturated rings. The quantitative estimate of drug-likeness (QED) is 0.625. The summed E-state index contributed by atoms with van der Waals surface area (Å²) >= 11 is 0. The van der Waals surface area contributed by atoms with Gasteiger partial charge in [-0.1, -0.05) is 54.6 Å². The lowest BCUT2D eigenvalue weighted by Gasteiger charge is -2.34. The number of sulfonamides is 1. The summed E-state index contributed by atoms with van der Waals surface area (Å²) in [5.41, 5.74) is 1.17. The van der Waals surface area contributed by atoms with Gasteiger partial charge in [-0.05, 0) is 37.0 Å². The average molecular weight is 413 g/mol. The van der Waals surface area contributed by atoms with Crippen molar-refractivity contribution in [3.05, 3.63) is 78.9 Å². The molecule has 1 amide bonds. The smallest absolute Gasteiger partial charge is 0.243 e. The topological polar surface area (TPSA) is 57.7 Å². The van der Waals surface area contributed by atoms with Gasteiger partial charge in [0.15, 0.2) is 0 Å². The SMILES string of the molecule is C=CCN(CCc1ccccc1)C(=O)C1CCCN(S(=O)(=O)c2ccccc2)C1. The number of nitrogens with zero attached hydrogens (tertiary/aromatic N) is 2. The van der Waals surface area contributed by atoms with Gasteiger partial charge in [-0.2, -0.15) is 4.31 Å². The lowest BCUT2D eigenvalue weighted by molar-refractivity contribution is -0.136. The second-order valence-electron chi connectivity index (χ2n) is 7.32. The zero-order valence-electron chi connectivity index (χ0n) is 16.6. The first-order valence-corrected chi connectivity index (χ1v) is 11.4. The minimum absolute atomic E-state index is 0.00814. The minimum atomic E-state index is -3.58. The predicted octanol–water partition coefficient (Wildman–Crippen LogP) is 3.34. The van der Waals surface area contributed by atoms with E-state index in [4.69, 9.17) is 0 Å². The Bertz CT molecular complexity index is 914. The van der Waals surface area contributed by atoms with Gasteiger partial charge in [-0.15, -0.1) is 6.58 Å². The molecule has 0 N–H and O–H groups in total. The summed E-state index contributed by atoms with van der Waals surface area (Å²) in [5.74, 6) is -0.313. The van der Waals surface area contributed by atoms with Gasteiger partial charge in [0.1, 0.15) is 0 Å². The molecule has 1 unspecified atom stereocenters. The molecule has 1 atom stereocenters. The predicted molar refractivity (Wildman–Crippen MR) is 115 cm³/mol. The molecule has 0 spiro atoms. The Kier molecular flexibility index (Phi) is 7.23. The number of benzene rings is 2. The standard InChI is InChI=1S/C23H28N2O3S/c1-2-16-24(18-15-20-10-5-3-6-11-20)23(26)21-12-9-17-25(19-21)29(27,28)22-13-7-4-8-14-22/h2-8,10-11,13-14,21H,1,9,12,15-19H2. The molecule has 0 aromatic heterocycles. The molecule has 3 rings (SSSR count). The fourth-order valence-corrected chi connectivity index (χ4v) is 5.26. The van der Waals surface area contributed by atoms with Crippen LogP contribution in [-0.4, -0.2) is 49.7 Å². The first kappa shape index (κ1) is 21.3. The van der Waals surface area contributed by atoms with Gasteiger partial charge < -0.3 is 4.90 Å². The number of carbonyl (C=O) groups excluding carboxylic acids is 1. The van der Waals surface area contributed by atoms with Crippen LogP contribution in [0.15, 0.2) is 78.2 Å². The van der Waals surface area contributed by atoms with Crippen molar-refractivity contribution < 1.29 is 13.2 Å². The Morgan fingerprint density at radius 2 is 1.76 bits per heavy atom. The molecule has 1 heterocycles. The van der Waals surface area contributed by atoms with Crippen LogP contribution in [0.1, 0.15) is 18.4 Å². The molecule has 2 aromatic carbocycles. The van der Waals surface area contributed by atoms with E-state index in [1.165, 1.54) is 9.87 Å². The highest BCUT2D eigenvalue weighted by Gasteiger charge is 2.34. The molecule has 154 valence electrons. The second kappa shape index (κ2) is 9.85. The number of amides is 1. The average Bonchev–Trinajstić information content (AvgIpc) is 2.77. The molecule has 0 bridgehead atoms. The minimum Gasteiger partial charge on any atom is -0.338 e. The fourth-order valence-electron chi connectivity index (χ4n) is 3.72. The molecule has 1 saturated heterocycles. The van der Waals surface area contributed by atoms with E-state index < -0.39 is 10.0 Å². The molecule has 0 saturated carbocycles. The third kappa shape index (κ3) is 5.34. The van der Waals surface area contributed by atoms with Crippen LogP contribution in [0.2, 0.25) is 0 Å². The van der Waals surface area contributed by atoms with Gasteiger partial charge in [0.05, 0.1) is 10.8 Å². The monoisotopic (exact) mass is 412 g/mol. The molecular formula is C23H28N2O3S. The summed E-state index contributed by atoms with van der Waals surface area (Å²) in [5, 5.41) is 0. The van der Waals surface area contributed by atoms with Crippen LogP contribution in [-0.2, 0) is 21.2 Å². The molecule has 2 aromatic rings. The third-order valence-electron chi connectivity index (χ3n) is 5.29. The molecule has 5 nitrogen and oxygen atoms in total. The first-order valence-electron chi connectivity index (χ1n) is 10.0. The number of rotatable bonds is 8. The molecule has 6 heteroatoms. The first-order chi connectivity index (χ1) is 14.0. The third-order valence-corrected chi connectivity index (χ3v) is 7.17. The summed E-state index contributed by atoms with van der Waals surface area (Å²) < 4.78 is 27.3. The Labute approximate surface area is 173 Å². The Hall–Kier alpha value is -2.44. The summed E-state index contributed by atoms with van der Waals surface area (Å²) in [4.78, 5) is 15.2. The van der Waals surface area contributed by atoms with Gasteiger partial charge in [-0.3, -0.25) is 4.79 Å². The van der Waals surface area contributed by atoms with Crippen LogP contribution in [0, 0.1) is 5.92 Å². The lowest BCUT2D eigenvalue weighted by atomic mass is 9.97. The van der Waals surface area contributed by atoms with Crippen molar-refractivity contribution in [3.63, 3.8) is 0 Å². The van der Waals surface area contributed by atoms with Crippen molar-refractivity contribution in [2.45, 2.75) is 24.2 Å². The molecular weight excluding hydrogens is 384 g/mol. The fraction of sp³-hybridized carbons (Fsp3) is 0.348. The molecule has 0 aliphatic carbocycles. The van der Waals surface area contributed by atoms with Crippen molar-refractivity contribution in [1.29, 1.82) is 0 Å². The molecule has 0 radical (unpaired) electrons. The zero-order valence-corrected chi connectivity index (χ0v) is 17.4. The van der Waals surface area contributed by atoms with Gasteiger partial charge in [-0.25, -0.2) is 8.42 Å². The van der Waals surface area contributed by atoms with E-state index in [1.54, 1.807) is 41.3 Å². The maximum Gasteiger partial charge on any atom is 0.243 e. The van der Waals surface area contributed by atoms with Crippen molar-refractivity contribution >= 4 is 15.9 Å². The van der Waals surface area contributed by atoms with Gasteiger partial charge in [0.2, 0.25) is 15.9 Å². The van der Waals surface area contributed by atoms with Crippen LogP contribution >= 0.6 is 0 Å². The number of hydrogen-bond acceptors (Lipinski definition) is 3. The van der Waals surface area contributed by atoms with E-state index in [0.717, 1.165) is 6.42 Å². The molecule has 1 aliphatic heterocycles. The van der Waals surface area contributed by atoms with E-state index in [0.29, 0.717) is 32.5 Å². The number of carbonyl (C=O) groups is 1. The van der Waals surface area contributed by atoms with Crippen molar-refractivity contribution in [2.75, 3.05) is 26.2 Å². The van der Waals surface area contributed by atoms with Crippen molar-refractivity contribution in [2.24, 2.45) is 5.92 Å². The van der Waals surface area contributed by atoms with Crippen molar-refractivity contribution in [1.82, 2.24) is 9.21 Å². The van der Waals surface area contributed by atoms with E-state index in [9.17, 15) is 13.2 Å². The highest BCUT2D eigenvalue weighted by atomic mass is 32.2. The van der Waals surface area contributed by atoms with E-state index >= 15 is 0 Å². The largest absolute Gasteiger partial charge is 0.338 e. The second-order valence-corrected chi connectivity index (χ2v) is 9.26. The summed E-state index contributed by atoms with van der Waals surface area (Å²) in [6.07, 6.45) is 3.88. The van der Waals surface area contributed by atoms with E-state index in [2.05, 4.69) is 6.58 Å². The van der Waals surface area contributed by atoms with Gasteiger partial charge in [0.25, 0.3) is 0 Å². The zero-order chi connectivity index (χ0) is 20.7. The van der Waals surface area contributed by atoms with E-state index in [-0.39, 0.29) is 23.3 Å². The highest BCUT2D eigenvalue weighted by molar-refractivity contribution is 7.89. The van der Waals surface area contributed by atoms with E-state index in [1.807, 2.05) is 30.3 Å². The highest BCUT2D eigenvalue weighted by Crippen LogP contribution is 2.25. The van der Waals surface area contributed by atoms with Gasteiger partial charge in [0, 0.05) is 26.2 Å². The molecule has 29 heavy (non-hydrogen) atoms. The summed E-state index contributed by atoms with van der Waals surface area (Å²) in [7, 11) is -3.58. The summed E-state index contributed by atoms with van der Waals surface area (Å²) in [6, 6.07) is 18.5. The van der Waals surface area contributed by atoms with Crippen molar-refractivity contribution in [3.8, 4) is 0 Å². The maximum atomic E-state index is 13.2. The lowest BCUT2D eigenvalue weighted by Crippen LogP contribution is -2.47. The van der Waals surface area contributed by atoms with Crippen LogP contribution in [0.3, 0.4) is 0 Å².